The van der Waals surface area contributed by atoms with Gasteiger partial charge >= 0.3 is 5.97 Å². The Bertz CT molecular complexity index is 618. The molecule has 1 unspecified atom stereocenters. The number of benzene rings is 1. The molecule has 124 valence electrons. The molecular formula is C16H19FN2O4. The van der Waals surface area contributed by atoms with Crippen LogP contribution in [0.25, 0.3) is 0 Å². The van der Waals surface area contributed by atoms with E-state index in [1.807, 2.05) is 0 Å². The summed E-state index contributed by atoms with van der Waals surface area (Å²) in [4.78, 5) is 34.3. The van der Waals surface area contributed by atoms with E-state index in [1.165, 1.54) is 18.2 Å². The van der Waals surface area contributed by atoms with E-state index in [2.05, 4.69) is 10.6 Å². The first-order valence-electron chi connectivity index (χ1n) is 7.56. The lowest BCUT2D eigenvalue weighted by molar-refractivity contribution is -0.137. The number of rotatable bonds is 7. The van der Waals surface area contributed by atoms with Crippen LogP contribution in [0.2, 0.25) is 0 Å². The van der Waals surface area contributed by atoms with E-state index in [0.29, 0.717) is 37.1 Å². The van der Waals surface area contributed by atoms with Crippen LogP contribution in [0.1, 0.15) is 43.6 Å². The Balaban J connectivity index is 1.88. The van der Waals surface area contributed by atoms with E-state index in [1.54, 1.807) is 0 Å². The van der Waals surface area contributed by atoms with E-state index < -0.39 is 17.7 Å². The van der Waals surface area contributed by atoms with Gasteiger partial charge in [-0.05, 0) is 30.5 Å². The number of halogens is 1. The Morgan fingerprint density at radius 3 is 2.83 bits per heavy atom. The first-order chi connectivity index (χ1) is 11.0. The summed E-state index contributed by atoms with van der Waals surface area (Å²) < 4.78 is 13.2. The fourth-order valence-electron chi connectivity index (χ4n) is 2.58. The lowest BCUT2D eigenvalue weighted by Crippen LogP contribution is -2.35. The molecule has 0 spiro atoms. The molecule has 1 aliphatic heterocycles. The minimum atomic E-state index is -0.828. The number of nitrogens with one attached hydrogen (secondary N) is 2. The van der Waals surface area contributed by atoms with Crippen molar-refractivity contribution in [3.05, 3.63) is 29.6 Å². The number of carboxylic acid groups (broad SMARTS) is 1. The zero-order valence-corrected chi connectivity index (χ0v) is 12.6. The molecule has 2 rings (SSSR count). The molecule has 1 aromatic carbocycles. The van der Waals surface area contributed by atoms with Crippen LogP contribution in [-0.4, -0.2) is 29.4 Å². The number of carbonyl (C=O) groups is 3. The minimum absolute atomic E-state index is 0.0312. The average Bonchev–Trinajstić information content (AvgIpc) is 2.48. The summed E-state index contributed by atoms with van der Waals surface area (Å²) in [5.74, 6) is -2.51. The predicted molar refractivity (Wildman–Crippen MR) is 81.5 cm³/mol. The van der Waals surface area contributed by atoms with Crippen molar-refractivity contribution < 1.29 is 23.9 Å². The number of carboxylic acids is 1. The maximum atomic E-state index is 13.2. The number of aliphatic carboxylic acids is 1. The topological polar surface area (TPSA) is 95.5 Å². The highest BCUT2D eigenvalue weighted by Gasteiger charge is 2.30. The summed E-state index contributed by atoms with van der Waals surface area (Å²) in [6, 6.07) is 3.99. The van der Waals surface area contributed by atoms with Gasteiger partial charge in [0, 0.05) is 25.1 Å². The van der Waals surface area contributed by atoms with E-state index >= 15 is 0 Å². The van der Waals surface area contributed by atoms with Crippen LogP contribution in [0.5, 0.6) is 0 Å². The summed E-state index contributed by atoms with van der Waals surface area (Å²) in [6.07, 6.45) is 2.10. The lowest BCUT2D eigenvalue weighted by atomic mass is 9.89. The number of hydrogen-bond acceptors (Lipinski definition) is 3. The third-order valence-corrected chi connectivity index (χ3v) is 3.74. The number of amides is 2. The Morgan fingerprint density at radius 2 is 2.09 bits per heavy atom. The van der Waals surface area contributed by atoms with Crippen molar-refractivity contribution in [2.75, 3.05) is 11.9 Å². The van der Waals surface area contributed by atoms with E-state index in [4.69, 9.17) is 5.11 Å². The molecule has 23 heavy (non-hydrogen) atoms. The van der Waals surface area contributed by atoms with Gasteiger partial charge in [0.05, 0.1) is 5.92 Å². The van der Waals surface area contributed by atoms with Gasteiger partial charge in [0.1, 0.15) is 5.82 Å². The number of carbonyl (C=O) groups excluding carboxylic acids is 2. The first-order valence-corrected chi connectivity index (χ1v) is 7.56. The molecule has 6 nitrogen and oxygen atoms in total. The molecule has 0 radical (unpaired) electrons. The molecule has 0 saturated carbocycles. The highest BCUT2D eigenvalue weighted by molar-refractivity contribution is 6.01. The highest BCUT2D eigenvalue weighted by atomic mass is 19.1. The molecule has 1 aliphatic rings. The van der Waals surface area contributed by atoms with Crippen molar-refractivity contribution in [2.24, 2.45) is 0 Å². The molecular weight excluding hydrogens is 303 g/mol. The van der Waals surface area contributed by atoms with E-state index in [-0.39, 0.29) is 24.7 Å². The van der Waals surface area contributed by atoms with E-state index in [0.717, 1.165) is 0 Å². The maximum Gasteiger partial charge on any atom is 0.303 e. The van der Waals surface area contributed by atoms with Crippen LogP contribution in [0, 0.1) is 5.82 Å². The largest absolute Gasteiger partial charge is 0.481 e. The minimum Gasteiger partial charge on any atom is -0.481 e. The third kappa shape index (κ3) is 4.77. The number of hydrogen-bond donors (Lipinski definition) is 3. The first kappa shape index (κ1) is 16.9. The van der Waals surface area contributed by atoms with Crippen molar-refractivity contribution >= 4 is 23.5 Å². The van der Waals surface area contributed by atoms with Gasteiger partial charge in [0.2, 0.25) is 11.8 Å². The summed E-state index contributed by atoms with van der Waals surface area (Å²) in [5, 5.41) is 13.9. The average molecular weight is 322 g/mol. The molecule has 0 aliphatic carbocycles. The quantitative estimate of drug-likeness (QED) is 0.669. The van der Waals surface area contributed by atoms with Crippen molar-refractivity contribution in [1.29, 1.82) is 0 Å². The normalized spacial score (nSPS) is 16.4. The summed E-state index contributed by atoms with van der Waals surface area (Å²) in [5.41, 5.74) is 0.942. The Kier molecular flexibility index (Phi) is 5.67. The SMILES string of the molecule is O=C(O)CCCCCNC(=O)C1CC(=O)Nc2cc(F)ccc21. The van der Waals surface area contributed by atoms with Crippen LogP contribution >= 0.6 is 0 Å². The van der Waals surface area contributed by atoms with Gasteiger partial charge in [-0.15, -0.1) is 0 Å². The monoisotopic (exact) mass is 322 g/mol. The molecule has 0 saturated heterocycles. The second kappa shape index (κ2) is 7.71. The number of anilines is 1. The van der Waals surface area contributed by atoms with Crippen LogP contribution in [0.4, 0.5) is 10.1 Å². The lowest BCUT2D eigenvalue weighted by Gasteiger charge is -2.24. The zero-order chi connectivity index (χ0) is 16.8. The van der Waals surface area contributed by atoms with Crippen molar-refractivity contribution in [3.8, 4) is 0 Å². The molecule has 3 N–H and O–H groups in total. The molecule has 0 bridgehead atoms. The Morgan fingerprint density at radius 1 is 1.30 bits per heavy atom. The zero-order valence-electron chi connectivity index (χ0n) is 12.6. The summed E-state index contributed by atoms with van der Waals surface area (Å²) in [6.45, 7) is 0.424. The van der Waals surface area contributed by atoms with Crippen molar-refractivity contribution in [2.45, 2.75) is 38.0 Å². The Labute approximate surface area is 133 Å². The molecule has 0 aromatic heterocycles. The predicted octanol–water partition coefficient (Wildman–Crippen LogP) is 2.01. The van der Waals surface area contributed by atoms with Gasteiger partial charge in [0.25, 0.3) is 0 Å². The number of fused-ring (bicyclic) bond motifs is 1. The molecule has 1 aromatic rings. The van der Waals surface area contributed by atoms with E-state index in [9.17, 15) is 18.8 Å². The maximum absolute atomic E-state index is 13.2. The van der Waals surface area contributed by atoms with Gasteiger partial charge < -0.3 is 15.7 Å². The standard InChI is InChI=1S/C16H19FN2O4/c17-10-5-6-11-12(9-14(20)19-13(11)8-10)16(23)18-7-3-1-2-4-15(21)22/h5-6,8,12H,1-4,7,9H2,(H,18,23)(H,19,20)(H,21,22). The van der Waals surface area contributed by atoms with Gasteiger partial charge in [-0.1, -0.05) is 12.5 Å². The highest BCUT2D eigenvalue weighted by Crippen LogP contribution is 2.32. The fourth-order valence-corrected chi connectivity index (χ4v) is 2.58. The molecule has 1 atom stereocenters. The van der Waals surface area contributed by atoms with Crippen molar-refractivity contribution in [3.63, 3.8) is 0 Å². The van der Waals surface area contributed by atoms with Crippen LogP contribution in [0.15, 0.2) is 18.2 Å². The third-order valence-electron chi connectivity index (χ3n) is 3.74. The Hall–Kier alpha value is -2.44. The van der Waals surface area contributed by atoms with Crippen LogP contribution in [0.3, 0.4) is 0 Å². The summed E-state index contributed by atoms with van der Waals surface area (Å²) in [7, 11) is 0. The van der Waals surface area contributed by atoms with Crippen molar-refractivity contribution in [1.82, 2.24) is 5.32 Å². The number of unbranched alkanes of at least 4 members (excludes halogenated alkanes) is 2. The smallest absolute Gasteiger partial charge is 0.303 e. The second-order valence-corrected chi connectivity index (χ2v) is 5.53. The van der Waals surface area contributed by atoms with Gasteiger partial charge in [-0.25, -0.2) is 4.39 Å². The molecule has 2 amide bonds. The van der Waals surface area contributed by atoms with Crippen LogP contribution < -0.4 is 10.6 Å². The molecule has 1 heterocycles. The molecule has 7 heteroatoms. The van der Waals surface area contributed by atoms with Crippen LogP contribution in [-0.2, 0) is 14.4 Å². The van der Waals surface area contributed by atoms with Gasteiger partial charge in [-0.3, -0.25) is 14.4 Å². The van der Waals surface area contributed by atoms with Gasteiger partial charge in [-0.2, -0.15) is 0 Å². The second-order valence-electron chi connectivity index (χ2n) is 5.53. The summed E-state index contributed by atoms with van der Waals surface area (Å²) >= 11 is 0. The fraction of sp³-hybridized carbons (Fsp3) is 0.438. The molecule has 0 fully saturated rings. The van der Waals surface area contributed by atoms with Gasteiger partial charge in [0.15, 0.2) is 0 Å².